The second kappa shape index (κ2) is 11.0. The van der Waals surface area contributed by atoms with Crippen LogP contribution in [0.1, 0.15) is 22.5 Å². The molecule has 1 amide bonds. The molecule has 1 N–H and O–H groups in total. The van der Waals surface area contributed by atoms with Crippen molar-refractivity contribution in [3.05, 3.63) is 100 Å². The first-order chi connectivity index (χ1) is 18.0. The van der Waals surface area contributed by atoms with Crippen molar-refractivity contribution in [2.45, 2.75) is 13.3 Å². The number of carbonyl (C=O) groups is 1. The van der Waals surface area contributed by atoms with E-state index >= 15 is 0 Å². The van der Waals surface area contributed by atoms with E-state index < -0.39 is 11.5 Å². The van der Waals surface area contributed by atoms with Crippen molar-refractivity contribution in [2.75, 3.05) is 44.2 Å². The number of hydrogen-bond acceptors (Lipinski definition) is 5. The van der Waals surface area contributed by atoms with E-state index in [0.29, 0.717) is 28.6 Å². The van der Waals surface area contributed by atoms with Gasteiger partial charge in [-0.05, 0) is 43.7 Å². The van der Waals surface area contributed by atoms with Crippen LogP contribution in [0.4, 0.5) is 10.1 Å². The molecule has 0 aliphatic carbocycles. The molecule has 190 valence electrons. The summed E-state index contributed by atoms with van der Waals surface area (Å²) in [6.07, 6.45) is 0.753. The average Bonchev–Trinajstić information content (AvgIpc) is 2.92. The normalized spacial score (nSPS) is 14.2. The van der Waals surface area contributed by atoms with Crippen molar-refractivity contribution in [3.8, 4) is 11.1 Å². The molecule has 0 bridgehead atoms. The number of benzene rings is 3. The van der Waals surface area contributed by atoms with Gasteiger partial charge in [-0.1, -0.05) is 60.2 Å². The van der Waals surface area contributed by atoms with Crippen LogP contribution in [0.2, 0.25) is 0 Å². The molecule has 4 aromatic rings. The van der Waals surface area contributed by atoms with E-state index in [2.05, 4.69) is 15.1 Å². The molecule has 2 heterocycles. The number of anilines is 1. The van der Waals surface area contributed by atoms with Gasteiger partial charge in [-0.2, -0.15) is 0 Å². The number of nitrogens with zero attached hydrogens (tertiary/aromatic N) is 2. The van der Waals surface area contributed by atoms with Gasteiger partial charge in [0.15, 0.2) is 0 Å². The number of aryl methyl sites for hydroxylation is 1. The number of amides is 1. The topological polar surface area (TPSA) is 65.8 Å². The second-order valence-electron chi connectivity index (χ2n) is 9.39. The lowest BCUT2D eigenvalue weighted by molar-refractivity contribution is 0.0921. The van der Waals surface area contributed by atoms with Gasteiger partial charge in [0.1, 0.15) is 5.82 Å². The standard InChI is InChI=1S/C30H30FN3O3/c1-21-11-13-22(14-12-21)27-23-7-2-3-8-24(23)30(36)37-28(27)29(35)32-15-6-16-33-17-19-34(20-18-33)26-10-5-4-9-25(26)31/h2-5,7-14H,6,15-20H2,1H3,(H,32,35). The first-order valence-corrected chi connectivity index (χ1v) is 12.6. The summed E-state index contributed by atoms with van der Waals surface area (Å²) in [4.78, 5) is 30.2. The van der Waals surface area contributed by atoms with Crippen LogP contribution < -0.4 is 15.8 Å². The molecule has 0 spiro atoms. The Kier molecular flexibility index (Phi) is 7.32. The number of nitrogens with one attached hydrogen (secondary N) is 1. The number of rotatable bonds is 7. The van der Waals surface area contributed by atoms with E-state index in [1.807, 2.05) is 55.5 Å². The highest BCUT2D eigenvalue weighted by atomic mass is 19.1. The van der Waals surface area contributed by atoms with E-state index in [4.69, 9.17) is 4.42 Å². The van der Waals surface area contributed by atoms with Gasteiger partial charge in [0, 0.05) is 43.7 Å². The van der Waals surface area contributed by atoms with Crippen LogP contribution in [-0.4, -0.2) is 50.1 Å². The SMILES string of the molecule is Cc1ccc(-c2c(C(=O)NCCCN3CCN(c4ccccc4F)CC3)oc(=O)c3ccccc23)cc1. The van der Waals surface area contributed by atoms with E-state index in [0.717, 1.165) is 50.3 Å². The molecular weight excluding hydrogens is 469 g/mol. The van der Waals surface area contributed by atoms with Crippen molar-refractivity contribution < 1.29 is 13.6 Å². The smallest absolute Gasteiger partial charge is 0.344 e. The molecule has 1 saturated heterocycles. The minimum atomic E-state index is -0.524. The fraction of sp³-hybridized carbons (Fsp3) is 0.267. The summed E-state index contributed by atoms with van der Waals surface area (Å²) in [6.45, 7) is 6.46. The van der Waals surface area contributed by atoms with Crippen molar-refractivity contribution in [1.82, 2.24) is 10.2 Å². The summed E-state index contributed by atoms with van der Waals surface area (Å²) in [5, 5.41) is 4.08. The molecule has 37 heavy (non-hydrogen) atoms. The number of fused-ring (bicyclic) bond motifs is 1. The molecule has 0 radical (unpaired) electrons. The summed E-state index contributed by atoms with van der Waals surface area (Å²) >= 11 is 0. The molecule has 0 atom stereocenters. The van der Waals surface area contributed by atoms with Crippen molar-refractivity contribution in [3.63, 3.8) is 0 Å². The van der Waals surface area contributed by atoms with Crippen LogP contribution in [0.15, 0.2) is 82.0 Å². The lowest BCUT2D eigenvalue weighted by Crippen LogP contribution is -2.47. The van der Waals surface area contributed by atoms with Gasteiger partial charge in [0.2, 0.25) is 5.76 Å². The van der Waals surface area contributed by atoms with Gasteiger partial charge >= 0.3 is 5.63 Å². The number of halogens is 1. The van der Waals surface area contributed by atoms with Gasteiger partial charge < -0.3 is 14.6 Å². The summed E-state index contributed by atoms with van der Waals surface area (Å²) in [6, 6.07) is 21.9. The molecule has 1 aromatic heterocycles. The predicted molar refractivity (Wildman–Crippen MR) is 145 cm³/mol. The Morgan fingerprint density at radius 2 is 1.59 bits per heavy atom. The summed E-state index contributed by atoms with van der Waals surface area (Å²) in [5.74, 6) is -0.558. The molecule has 1 aliphatic heterocycles. The lowest BCUT2D eigenvalue weighted by atomic mass is 9.97. The summed E-state index contributed by atoms with van der Waals surface area (Å²) in [7, 11) is 0. The molecule has 0 unspecified atom stereocenters. The Bertz CT molecular complexity index is 1460. The number of piperazine rings is 1. The molecule has 7 heteroatoms. The number of hydrogen-bond donors (Lipinski definition) is 1. The van der Waals surface area contributed by atoms with Crippen LogP contribution in [0.3, 0.4) is 0 Å². The second-order valence-corrected chi connectivity index (χ2v) is 9.39. The lowest BCUT2D eigenvalue weighted by Gasteiger charge is -2.36. The molecule has 5 rings (SSSR count). The highest BCUT2D eigenvalue weighted by Gasteiger charge is 2.22. The number of para-hydroxylation sites is 1. The maximum atomic E-state index is 14.1. The fourth-order valence-electron chi connectivity index (χ4n) is 4.87. The van der Waals surface area contributed by atoms with Crippen LogP contribution in [0.25, 0.3) is 21.9 Å². The van der Waals surface area contributed by atoms with Crippen molar-refractivity contribution >= 4 is 22.4 Å². The minimum absolute atomic E-state index is 0.0334. The Labute approximate surface area is 215 Å². The van der Waals surface area contributed by atoms with Crippen LogP contribution in [0.5, 0.6) is 0 Å². The minimum Gasteiger partial charge on any atom is -0.416 e. The highest BCUT2D eigenvalue weighted by molar-refractivity contribution is 6.07. The largest absolute Gasteiger partial charge is 0.416 e. The van der Waals surface area contributed by atoms with Crippen molar-refractivity contribution in [2.24, 2.45) is 0 Å². The number of carbonyl (C=O) groups excluding carboxylic acids is 1. The Morgan fingerprint density at radius 3 is 2.32 bits per heavy atom. The zero-order valence-electron chi connectivity index (χ0n) is 20.9. The predicted octanol–water partition coefficient (Wildman–Crippen LogP) is 4.85. The van der Waals surface area contributed by atoms with E-state index in [1.54, 1.807) is 18.2 Å². The monoisotopic (exact) mass is 499 g/mol. The third-order valence-corrected chi connectivity index (χ3v) is 6.89. The zero-order valence-corrected chi connectivity index (χ0v) is 20.9. The fourth-order valence-corrected chi connectivity index (χ4v) is 4.87. The maximum absolute atomic E-state index is 14.1. The average molecular weight is 500 g/mol. The van der Waals surface area contributed by atoms with Gasteiger partial charge in [-0.25, -0.2) is 9.18 Å². The highest BCUT2D eigenvalue weighted by Crippen LogP contribution is 2.31. The van der Waals surface area contributed by atoms with Crippen LogP contribution >= 0.6 is 0 Å². The summed E-state index contributed by atoms with van der Waals surface area (Å²) < 4.78 is 19.6. The Morgan fingerprint density at radius 1 is 0.919 bits per heavy atom. The molecular formula is C30H30FN3O3. The molecule has 1 aliphatic rings. The van der Waals surface area contributed by atoms with Gasteiger partial charge in [0.25, 0.3) is 5.91 Å². The van der Waals surface area contributed by atoms with E-state index in [9.17, 15) is 14.0 Å². The first kappa shape index (κ1) is 24.7. The van der Waals surface area contributed by atoms with Gasteiger partial charge in [0.05, 0.1) is 11.1 Å². The van der Waals surface area contributed by atoms with Crippen LogP contribution in [0, 0.1) is 12.7 Å². The molecule has 0 saturated carbocycles. The third-order valence-electron chi connectivity index (χ3n) is 6.89. The molecule has 1 fully saturated rings. The molecule has 3 aromatic carbocycles. The quantitative estimate of drug-likeness (QED) is 0.368. The van der Waals surface area contributed by atoms with Crippen molar-refractivity contribution in [1.29, 1.82) is 0 Å². The van der Waals surface area contributed by atoms with Crippen LogP contribution in [-0.2, 0) is 0 Å². The summed E-state index contributed by atoms with van der Waals surface area (Å²) in [5.41, 5.74) is 2.67. The Balaban J connectivity index is 1.23. The third kappa shape index (κ3) is 5.42. The van der Waals surface area contributed by atoms with E-state index in [1.165, 1.54) is 6.07 Å². The van der Waals surface area contributed by atoms with Gasteiger partial charge in [-0.3, -0.25) is 9.69 Å². The van der Waals surface area contributed by atoms with Gasteiger partial charge in [-0.15, -0.1) is 0 Å². The zero-order chi connectivity index (χ0) is 25.8. The Hall–Kier alpha value is -3.97. The first-order valence-electron chi connectivity index (χ1n) is 12.6. The molecule has 6 nitrogen and oxygen atoms in total. The maximum Gasteiger partial charge on any atom is 0.344 e. The van der Waals surface area contributed by atoms with E-state index in [-0.39, 0.29) is 11.6 Å².